The second kappa shape index (κ2) is 18.4. The molecule has 4 heterocycles. The van der Waals surface area contributed by atoms with Crippen molar-refractivity contribution in [3.05, 3.63) is 59.7 Å². The number of ether oxygens (including phenoxy) is 1. The molecular formula is C41H52F2N6O8. The van der Waals surface area contributed by atoms with Crippen molar-refractivity contribution in [2.75, 3.05) is 26.2 Å². The van der Waals surface area contributed by atoms with Gasteiger partial charge in [0.25, 0.3) is 0 Å². The van der Waals surface area contributed by atoms with E-state index in [4.69, 9.17) is 4.74 Å². The average Bonchev–Trinajstić information content (AvgIpc) is 3.84. The Bertz CT molecular complexity index is 1780. The van der Waals surface area contributed by atoms with E-state index in [1.807, 2.05) is 6.92 Å². The Hall–Kier alpha value is -5.15. The summed E-state index contributed by atoms with van der Waals surface area (Å²) in [5, 5.41) is 8.03. The van der Waals surface area contributed by atoms with E-state index in [0.717, 1.165) is 31.4 Å². The summed E-state index contributed by atoms with van der Waals surface area (Å²) in [6.45, 7) is 3.24. The lowest BCUT2D eigenvalue weighted by Crippen LogP contribution is -2.61. The van der Waals surface area contributed by atoms with Gasteiger partial charge in [-0.3, -0.25) is 28.8 Å². The van der Waals surface area contributed by atoms with Gasteiger partial charge in [0.15, 0.2) is 0 Å². The number of esters is 1. The summed E-state index contributed by atoms with van der Waals surface area (Å²) in [4.78, 5) is 101. The summed E-state index contributed by atoms with van der Waals surface area (Å²) in [6.07, 6.45) is 11.9. The van der Waals surface area contributed by atoms with E-state index < -0.39 is 95.9 Å². The lowest BCUT2D eigenvalue weighted by molar-refractivity contribution is -0.158. The van der Waals surface area contributed by atoms with Gasteiger partial charge in [0, 0.05) is 38.5 Å². The zero-order valence-corrected chi connectivity index (χ0v) is 32.4. The van der Waals surface area contributed by atoms with Gasteiger partial charge in [0.2, 0.25) is 35.4 Å². The topological polar surface area (TPSA) is 175 Å². The lowest BCUT2D eigenvalue weighted by Gasteiger charge is -2.37. The largest absolute Gasteiger partial charge is 0.461 e. The molecule has 1 aromatic rings. The molecule has 6 amide bonds. The van der Waals surface area contributed by atoms with Crippen molar-refractivity contribution in [2.45, 2.75) is 114 Å². The Morgan fingerprint density at radius 1 is 0.895 bits per heavy atom. The minimum Gasteiger partial charge on any atom is -0.461 e. The summed E-state index contributed by atoms with van der Waals surface area (Å²) in [6, 6.07) is -4.30. The van der Waals surface area contributed by atoms with Crippen LogP contribution in [0.4, 0.5) is 8.78 Å². The van der Waals surface area contributed by atoms with Crippen LogP contribution in [0, 0.1) is 23.5 Å². The normalized spacial score (nSPS) is 28.9. The van der Waals surface area contributed by atoms with Crippen molar-refractivity contribution in [1.82, 2.24) is 30.7 Å². The van der Waals surface area contributed by atoms with Crippen LogP contribution in [0.1, 0.15) is 77.2 Å². The zero-order valence-electron chi connectivity index (χ0n) is 32.4. The van der Waals surface area contributed by atoms with Gasteiger partial charge in [-0.1, -0.05) is 31.2 Å². The van der Waals surface area contributed by atoms with Crippen LogP contribution in [0.5, 0.6) is 0 Å². The first-order chi connectivity index (χ1) is 27.3. The van der Waals surface area contributed by atoms with Gasteiger partial charge < -0.3 is 35.4 Å². The fourth-order valence-electron chi connectivity index (χ4n) is 8.56. The summed E-state index contributed by atoms with van der Waals surface area (Å²) < 4.78 is 34.3. The van der Waals surface area contributed by atoms with Crippen molar-refractivity contribution in [3.63, 3.8) is 0 Å². The minimum absolute atomic E-state index is 0.0785. The number of carbonyl (C=O) groups is 7. The van der Waals surface area contributed by atoms with Crippen LogP contribution in [0.2, 0.25) is 0 Å². The Morgan fingerprint density at radius 2 is 1.67 bits per heavy atom. The molecule has 4 aliphatic heterocycles. The number of nitrogens with one attached hydrogen (secondary N) is 3. The molecule has 1 aromatic carbocycles. The van der Waals surface area contributed by atoms with E-state index in [0.29, 0.717) is 25.3 Å². The molecule has 16 heteroatoms. The quantitative estimate of drug-likeness (QED) is 0.265. The Morgan fingerprint density at radius 3 is 2.40 bits per heavy atom. The zero-order chi connectivity index (χ0) is 40.8. The Balaban J connectivity index is 1.29. The van der Waals surface area contributed by atoms with E-state index in [2.05, 4.69) is 28.1 Å². The smallest absolute Gasteiger partial charge is 0.328 e. The van der Waals surface area contributed by atoms with Gasteiger partial charge in [0.05, 0.1) is 0 Å². The predicted molar refractivity (Wildman–Crippen MR) is 201 cm³/mol. The maximum Gasteiger partial charge on any atom is 0.328 e. The van der Waals surface area contributed by atoms with Crippen molar-refractivity contribution >= 4 is 41.4 Å². The van der Waals surface area contributed by atoms with Crippen LogP contribution >= 0.6 is 0 Å². The van der Waals surface area contributed by atoms with Gasteiger partial charge in [-0.25, -0.2) is 13.6 Å². The molecule has 0 bridgehead atoms. The highest BCUT2D eigenvalue weighted by atomic mass is 19.1. The number of halogens is 2. The molecule has 0 saturated carbocycles. The first-order valence-corrected chi connectivity index (χ1v) is 20.0. The fraction of sp³-hybridized carbons (Fsp3) is 0.585. The Kier molecular flexibility index (Phi) is 13.4. The van der Waals surface area contributed by atoms with Crippen molar-refractivity contribution in [2.24, 2.45) is 11.8 Å². The van der Waals surface area contributed by atoms with E-state index in [-0.39, 0.29) is 62.7 Å². The van der Waals surface area contributed by atoms with Crippen molar-refractivity contribution < 1.29 is 47.1 Å². The Labute approximate surface area is 330 Å². The van der Waals surface area contributed by atoms with E-state index in [1.54, 1.807) is 12.2 Å². The molecule has 0 radical (unpaired) electrons. The third-order valence-corrected chi connectivity index (χ3v) is 11.5. The molecule has 3 fully saturated rings. The summed E-state index contributed by atoms with van der Waals surface area (Å²) in [5.41, 5.74) is 0.0785. The third kappa shape index (κ3) is 10.1. The second-order valence-electron chi connectivity index (χ2n) is 15.9. The SMILES string of the molecule is C[C@@H]1C[C@H]2C(=O)OC[C@H](NC(=O)[C@H](Cc3cc(F)cc(F)c3)NC(=O)CC[C@@H]3CC=CCC3)C(=O)N3CCC[C@H]3C(=O)N3CCC=C[C@H]3C(=O)N[C@@H](C)C(=O)N2C1. The highest BCUT2D eigenvalue weighted by molar-refractivity contribution is 5.98. The number of fused-ring (bicyclic) bond motifs is 3. The molecule has 3 saturated heterocycles. The van der Waals surface area contributed by atoms with Crippen LogP contribution < -0.4 is 16.0 Å². The van der Waals surface area contributed by atoms with Gasteiger partial charge in [-0.15, -0.1) is 0 Å². The molecule has 57 heavy (non-hydrogen) atoms. The molecule has 0 aromatic heterocycles. The van der Waals surface area contributed by atoms with Crippen molar-refractivity contribution in [1.29, 1.82) is 0 Å². The maximum atomic E-state index is 14.5. The van der Waals surface area contributed by atoms with Gasteiger partial charge in [0.1, 0.15) is 54.5 Å². The number of amides is 6. The number of rotatable bonds is 8. The second-order valence-corrected chi connectivity index (χ2v) is 15.9. The van der Waals surface area contributed by atoms with Gasteiger partial charge in [-0.05, 0) is 87.8 Å². The van der Waals surface area contributed by atoms with Crippen LogP contribution in [0.15, 0.2) is 42.5 Å². The van der Waals surface area contributed by atoms with Crippen LogP contribution in [-0.2, 0) is 44.7 Å². The number of cyclic esters (lactones) is 1. The molecule has 3 N–H and O–H groups in total. The van der Waals surface area contributed by atoms with Crippen molar-refractivity contribution in [3.8, 4) is 0 Å². The van der Waals surface area contributed by atoms with E-state index >= 15 is 0 Å². The molecule has 308 valence electrons. The highest BCUT2D eigenvalue weighted by Crippen LogP contribution is 2.27. The molecule has 6 rings (SSSR count). The van der Waals surface area contributed by atoms with E-state index in [1.165, 1.54) is 21.6 Å². The average molecular weight is 795 g/mol. The predicted octanol–water partition coefficient (Wildman–Crippen LogP) is 2.06. The summed E-state index contributed by atoms with van der Waals surface area (Å²) in [7, 11) is 0. The number of hydrogen-bond donors (Lipinski definition) is 3. The van der Waals surface area contributed by atoms with Gasteiger partial charge in [-0.2, -0.15) is 0 Å². The summed E-state index contributed by atoms with van der Waals surface area (Å²) in [5.74, 6) is -6.05. The number of carbonyl (C=O) groups excluding carboxylic acids is 7. The molecule has 8 atom stereocenters. The van der Waals surface area contributed by atoms with Gasteiger partial charge >= 0.3 is 5.97 Å². The molecule has 0 spiro atoms. The maximum absolute atomic E-state index is 14.5. The highest BCUT2D eigenvalue weighted by Gasteiger charge is 2.45. The molecule has 14 nitrogen and oxygen atoms in total. The fourth-order valence-corrected chi connectivity index (χ4v) is 8.56. The third-order valence-electron chi connectivity index (χ3n) is 11.5. The number of benzene rings is 1. The number of allylic oxidation sites excluding steroid dienone is 2. The first kappa shape index (κ1) is 41.5. The number of nitrogens with zero attached hydrogens (tertiary/aromatic N) is 3. The molecule has 1 aliphatic carbocycles. The first-order valence-electron chi connectivity index (χ1n) is 20.0. The van der Waals surface area contributed by atoms with E-state index in [9.17, 15) is 42.3 Å². The monoisotopic (exact) mass is 794 g/mol. The number of hydrogen-bond acceptors (Lipinski definition) is 8. The van der Waals surface area contributed by atoms with Crippen LogP contribution in [0.25, 0.3) is 0 Å². The molecular weight excluding hydrogens is 742 g/mol. The van der Waals surface area contributed by atoms with Crippen LogP contribution in [0.3, 0.4) is 0 Å². The molecule has 0 unspecified atom stereocenters. The lowest BCUT2D eigenvalue weighted by atomic mass is 9.90. The summed E-state index contributed by atoms with van der Waals surface area (Å²) >= 11 is 0. The minimum atomic E-state index is -1.55. The molecule has 5 aliphatic rings. The van der Waals surface area contributed by atoms with Crippen LogP contribution in [-0.4, -0.2) is 119 Å². The standard InChI is InChI=1S/C41H52F2N6O8/c1-24-17-34-41(56)57-23-31(46-36(51)30(20-27-18-28(42)21-29(43)19-27)45-35(50)14-13-26-9-4-3-5-10-26)39(54)48-16-8-12-33(48)40(55)47-15-7-6-11-32(47)37(52)44-25(2)38(53)49(34)22-24/h3-4,6,11,18-19,21,24-26,30-34H,5,7-10,12-17,20,22-23H2,1-2H3,(H,44,52)(H,45,50)(H,46,51)/t24-,25+,26-,30+,31+,32+,33+,34+/m1/s1.